The third kappa shape index (κ3) is 4.16. The Hall–Kier alpha value is -2.00. The van der Waals surface area contributed by atoms with Crippen molar-refractivity contribution in [1.29, 1.82) is 0 Å². The summed E-state index contributed by atoms with van der Waals surface area (Å²) >= 11 is 0. The third-order valence-corrected chi connectivity index (χ3v) is 5.48. The molecule has 2 aromatic carbocycles. The first kappa shape index (κ1) is 17.8. The van der Waals surface area contributed by atoms with Crippen LogP contribution in [-0.4, -0.2) is 21.2 Å². The van der Waals surface area contributed by atoms with Crippen molar-refractivity contribution in [1.82, 2.24) is 4.90 Å². The van der Waals surface area contributed by atoms with Gasteiger partial charge in [0, 0.05) is 30.3 Å². The van der Waals surface area contributed by atoms with Crippen molar-refractivity contribution >= 4 is 0 Å². The summed E-state index contributed by atoms with van der Waals surface area (Å²) < 4.78 is 0. The Labute approximate surface area is 150 Å². The monoisotopic (exact) mass is 339 g/mol. The van der Waals surface area contributed by atoms with Gasteiger partial charge in [-0.3, -0.25) is 4.90 Å². The molecular formula is C22H29NO2. The number of hydrogen-bond acceptors (Lipinski definition) is 3. The van der Waals surface area contributed by atoms with Crippen LogP contribution in [0.3, 0.4) is 0 Å². The minimum Gasteiger partial charge on any atom is -0.507 e. The van der Waals surface area contributed by atoms with Crippen molar-refractivity contribution in [3.8, 4) is 11.5 Å². The number of phenols is 2. The normalized spacial score (nSPS) is 15.6. The van der Waals surface area contributed by atoms with E-state index >= 15 is 0 Å². The standard InChI is InChI=1S/C22H29NO2/c1-16-8-6-10-18(21(16)24)14-23(20-12-4-3-5-13-20)15-19-11-7-9-17(2)22(19)25/h6-11,20,24-25H,3-5,12-15H2,1-2H3. The molecule has 0 atom stereocenters. The summed E-state index contributed by atoms with van der Waals surface area (Å²) in [5.41, 5.74) is 3.77. The lowest BCUT2D eigenvalue weighted by Crippen LogP contribution is -2.36. The summed E-state index contributed by atoms with van der Waals surface area (Å²) in [6, 6.07) is 12.4. The van der Waals surface area contributed by atoms with Crippen LogP contribution in [0.5, 0.6) is 11.5 Å². The van der Waals surface area contributed by atoms with Crippen molar-refractivity contribution in [3.05, 3.63) is 58.7 Å². The van der Waals surface area contributed by atoms with E-state index < -0.39 is 0 Å². The van der Waals surface area contributed by atoms with Crippen molar-refractivity contribution in [2.75, 3.05) is 0 Å². The first-order chi connectivity index (χ1) is 12.1. The smallest absolute Gasteiger partial charge is 0.122 e. The highest BCUT2D eigenvalue weighted by Gasteiger charge is 2.23. The van der Waals surface area contributed by atoms with E-state index in [0.29, 0.717) is 30.6 Å². The Morgan fingerprint density at radius 1 is 0.800 bits per heavy atom. The molecule has 0 unspecified atom stereocenters. The molecule has 134 valence electrons. The summed E-state index contributed by atoms with van der Waals surface area (Å²) in [4.78, 5) is 2.43. The number of aryl methyl sites for hydroxylation is 2. The average molecular weight is 339 g/mol. The molecule has 2 N–H and O–H groups in total. The predicted octanol–water partition coefficient (Wildman–Crippen LogP) is 5.05. The molecule has 1 aliphatic rings. The second-order valence-corrected chi connectivity index (χ2v) is 7.36. The predicted molar refractivity (Wildman–Crippen MR) is 102 cm³/mol. The lowest BCUT2D eigenvalue weighted by molar-refractivity contribution is 0.137. The highest BCUT2D eigenvalue weighted by Crippen LogP contribution is 2.31. The molecule has 25 heavy (non-hydrogen) atoms. The van der Waals surface area contributed by atoms with Gasteiger partial charge in [0.15, 0.2) is 0 Å². The van der Waals surface area contributed by atoms with Crippen LogP contribution in [-0.2, 0) is 13.1 Å². The molecule has 0 bridgehead atoms. The fraction of sp³-hybridized carbons (Fsp3) is 0.455. The Morgan fingerprint density at radius 3 is 1.76 bits per heavy atom. The van der Waals surface area contributed by atoms with Crippen LogP contribution in [0.25, 0.3) is 0 Å². The van der Waals surface area contributed by atoms with Gasteiger partial charge in [-0.2, -0.15) is 0 Å². The second kappa shape index (κ2) is 7.92. The van der Waals surface area contributed by atoms with E-state index in [-0.39, 0.29) is 0 Å². The number of aromatic hydroxyl groups is 2. The first-order valence-corrected chi connectivity index (χ1v) is 9.35. The molecule has 0 amide bonds. The number of benzene rings is 2. The number of hydrogen-bond donors (Lipinski definition) is 2. The van der Waals surface area contributed by atoms with E-state index in [0.717, 1.165) is 22.3 Å². The van der Waals surface area contributed by atoms with Crippen LogP contribution < -0.4 is 0 Å². The molecule has 0 heterocycles. The zero-order valence-corrected chi connectivity index (χ0v) is 15.3. The van der Waals surface area contributed by atoms with Gasteiger partial charge in [0.1, 0.15) is 11.5 Å². The molecular weight excluding hydrogens is 310 g/mol. The quantitative estimate of drug-likeness (QED) is 0.801. The summed E-state index contributed by atoms with van der Waals surface area (Å²) in [5.74, 6) is 0.800. The first-order valence-electron chi connectivity index (χ1n) is 9.35. The van der Waals surface area contributed by atoms with Gasteiger partial charge in [-0.25, -0.2) is 0 Å². The molecule has 1 saturated carbocycles. The molecule has 1 fully saturated rings. The number of para-hydroxylation sites is 2. The minimum absolute atomic E-state index is 0.400. The molecule has 3 heteroatoms. The van der Waals surface area contributed by atoms with Crippen LogP contribution in [0.15, 0.2) is 36.4 Å². The van der Waals surface area contributed by atoms with Crippen molar-refractivity contribution in [2.24, 2.45) is 0 Å². The summed E-state index contributed by atoms with van der Waals surface area (Å²) in [7, 11) is 0. The SMILES string of the molecule is Cc1cccc(CN(Cc2cccc(C)c2O)C2CCCCC2)c1O. The van der Waals surface area contributed by atoms with Crippen LogP contribution >= 0.6 is 0 Å². The van der Waals surface area contributed by atoms with Gasteiger partial charge < -0.3 is 10.2 Å². The molecule has 0 aliphatic heterocycles. The molecule has 3 nitrogen and oxygen atoms in total. The molecule has 3 rings (SSSR count). The summed E-state index contributed by atoms with van der Waals surface area (Å²) in [5, 5.41) is 20.9. The highest BCUT2D eigenvalue weighted by molar-refractivity contribution is 5.41. The van der Waals surface area contributed by atoms with Gasteiger partial charge in [-0.15, -0.1) is 0 Å². The topological polar surface area (TPSA) is 43.7 Å². The van der Waals surface area contributed by atoms with Gasteiger partial charge >= 0.3 is 0 Å². The van der Waals surface area contributed by atoms with Crippen molar-refractivity contribution in [3.63, 3.8) is 0 Å². The number of phenolic OH excluding ortho intramolecular Hbond substituents is 2. The molecule has 0 radical (unpaired) electrons. The van der Waals surface area contributed by atoms with Gasteiger partial charge in [0.25, 0.3) is 0 Å². The fourth-order valence-corrected chi connectivity index (χ4v) is 3.89. The van der Waals surface area contributed by atoms with Crippen molar-refractivity contribution < 1.29 is 10.2 Å². The van der Waals surface area contributed by atoms with Crippen molar-refractivity contribution in [2.45, 2.75) is 65.1 Å². The summed E-state index contributed by atoms with van der Waals surface area (Å²) in [6.45, 7) is 5.31. The van der Waals surface area contributed by atoms with E-state index in [2.05, 4.69) is 4.90 Å². The van der Waals surface area contributed by atoms with Gasteiger partial charge in [0.05, 0.1) is 0 Å². The van der Waals surface area contributed by atoms with E-state index in [9.17, 15) is 10.2 Å². The Balaban J connectivity index is 1.86. The molecule has 0 saturated heterocycles. The van der Waals surface area contributed by atoms with Gasteiger partial charge in [0.2, 0.25) is 0 Å². The van der Waals surface area contributed by atoms with E-state index in [4.69, 9.17) is 0 Å². The average Bonchev–Trinajstić information content (AvgIpc) is 2.62. The number of nitrogens with zero attached hydrogens (tertiary/aromatic N) is 1. The summed E-state index contributed by atoms with van der Waals surface area (Å²) in [6.07, 6.45) is 6.23. The molecule has 0 spiro atoms. The van der Waals surface area contributed by atoms with Crippen LogP contribution in [0.4, 0.5) is 0 Å². The van der Waals surface area contributed by atoms with Gasteiger partial charge in [-0.1, -0.05) is 55.7 Å². The van der Waals surface area contributed by atoms with E-state index in [1.165, 1.54) is 32.1 Å². The Bertz CT molecular complexity index is 666. The van der Waals surface area contributed by atoms with Crippen LogP contribution in [0.1, 0.15) is 54.4 Å². The van der Waals surface area contributed by atoms with E-state index in [1.807, 2.05) is 50.2 Å². The lowest BCUT2D eigenvalue weighted by atomic mass is 9.93. The highest BCUT2D eigenvalue weighted by atomic mass is 16.3. The third-order valence-electron chi connectivity index (χ3n) is 5.48. The maximum Gasteiger partial charge on any atom is 0.122 e. The maximum absolute atomic E-state index is 10.4. The van der Waals surface area contributed by atoms with Gasteiger partial charge in [-0.05, 0) is 37.8 Å². The number of rotatable bonds is 5. The molecule has 0 aromatic heterocycles. The van der Waals surface area contributed by atoms with Crippen LogP contribution in [0.2, 0.25) is 0 Å². The second-order valence-electron chi connectivity index (χ2n) is 7.36. The maximum atomic E-state index is 10.4. The molecule has 2 aromatic rings. The Morgan fingerprint density at radius 2 is 1.28 bits per heavy atom. The van der Waals surface area contributed by atoms with E-state index in [1.54, 1.807) is 0 Å². The zero-order valence-electron chi connectivity index (χ0n) is 15.3. The largest absolute Gasteiger partial charge is 0.507 e. The Kier molecular flexibility index (Phi) is 5.64. The van der Waals surface area contributed by atoms with Crippen LogP contribution in [0, 0.1) is 13.8 Å². The zero-order chi connectivity index (χ0) is 17.8. The lowest BCUT2D eigenvalue weighted by Gasteiger charge is -2.35. The minimum atomic E-state index is 0.400. The fourth-order valence-electron chi connectivity index (χ4n) is 3.89. The molecule has 1 aliphatic carbocycles.